The topological polar surface area (TPSA) is 60.7 Å². The molecular formula is C20H28O3. The van der Waals surface area contributed by atoms with Crippen molar-refractivity contribution in [2.75, 3.05) is 0 Å². The summed E-state index contributed by atoms with van der Waals surface area (Å²) in [5.74, 6) is 0.670. The molecule has 0 unspecified atom stereocenters. The Hall–Kier alpha value is -1.64. The molecule has 0 amide bonds. The maximum Gasteiger partial charge on any atom is 0.130 e. The molecule has 0 heterocycles. The van der Waals surface area contributed by atoms with Gasteiger partial charge in [-0.15, -0.1) is 0 Å². The lowest BCUT2D eigenvalue weighted by Gasteiger charge is -2.53. The zero-order valence-electron chi connectivity index (χ0n) is 14.8. The van der Waals surface area contributed by atoms with Crippen LogP contribution in [0.1, 0.15) is 76.5 Å². The first-order valence-electron chi connectivity index (χ1n) is 8.59. The molecule has 126 valence electrons. The highest BCUT2D eigenvalue weighted by molar-refractivity contribution is 5.72. The number of aliphatic hydroxyl groups excluding tert-OH is 1. The summed E-state index contributed by atoms with van der Waals surface area (Å²) in [5, 5.41) is 32.0. The summed E-state index contributed by atoms with van der Waals surface area (Å²) in [4.78, 5) is 0. The fourth-order valence-electron chi connectivity index (χ4n) is 5.18. The van der Waals surface area contributed by atoms with E-state index in [1.807, 2.05) is 19.9 Å². The first kappa shape index (κ1) is 16.2. The molecule has 2 atom stereocenters. The van der Waals surface area contributed by atoms with Crippen molar-refractivity contribution in [3.8, 4) is 11.5 Å². The Morgan fingerprint density at radius 2 is 1.74 bits per heavy atom. The summed E-state index contributed by atoms with van der Waals surface area (Å²) in [6, 6.07) is 1.82. The molecule has 0 bridgehead atoms. The average molecular weight is 316 g/mol. The van der Waals surface area contributed by atoms with E-state index in [1.54, 1.807) is 6.08 Å². The van der Waals surface area contributed by atoms with Crippen molar-refractivity contribution in [1.82, 2.24) is 0 Å². The van der Waals surface area contributed by atoms with Crippen LogP contribution in [0.25, 0.3) is 6.08 Å². The number of hydrogen-bond acceptors (Lipinski definition) is 3. The second kappa shape index (κ2) is 4.93. The maximum atomic E-state index is 10.8. The SMILES string of the molecule is CC(C)c1c(O)cc2c(c1O)C=C(O)[C@@H]1C(C)(C)CCC[C@]21C. The molecular weight excluding hydrogens is 288 g/mol. The molecule has 1 fully saturated rings. The molecule has 3 heteroatoms. The van der Waals surface area contributed by atoms with Crippen LogP contribution in [0.15, 0.2) is 11.8 Å². The second-order valence-corrected chi connectivity index (χ2v) is 8.54. The number of aliphatic hydroxyl groups is 1. The van der Waals surface area contributed by atoms with Crippen molar-refractivity contribution < 1.29 is 15.3 Å². The van der Waals surface area contributed by atoms with E-state index in [1.165, 1.54) is 0 Å². The van der Waals surface area contributed by atoms with Crippen LogP contribution < -0.4 is 0 Å². The minimum atomic E-state index is -0.264. The van der Waals surface area contributed by atoms with Crippen molar-refractivity contribution in [2.24, 2.45) is 11.3 Å². The lowest BCUT2D eigenvalue weighted by molar-refractivity contribution is 0.0492. The van der Waals surface area contributed by atoms with E-state index in [0.29, 0.717) is 16.9 Å². The van der Waals surface area contributed by atoms with Gasteiger partial charge in [0.25, 0.3) is 0 Å². The molecule has 1 aromatic rings. The molecule has 0 aromatic heterocycles. The Balaban J connectivity index is 2.30. The predicted molar refractivity (Wildman–Crippen MR) is 92.9 cm³/mol. The molecule has 3 N–H and O–H groups in total. The number of rotatable bonds is 1. The Bertz CT molecular complexity index is 685. The van der Waals surface area contributed by atoms with Crippen LogP contribution in [0.3, 0.4) is 0 Å². The minimum absolute atomic E-state index is 0.00672. The first-order valence-corrected chi connectivity index (χ1v) is 8.59. The van der Waals surface area contributed by atoms with Gasteiger partial charge in [0.2, 0.25) is 0 Å². The number of fused-ring (bicyclic) bond motifs is 3. The first-order chi connectivity index (χ1) is 10.6. The third kappa shape index (κ3) is 2.16. The quantitative estimate of drug-likeness (QED) is 0.666. The maximum absolute atomic E-state index is 10.8. The smallest absolute Gasteiger partial charge is 0.130 e. The predicted octanol–water partition coefficient (Wildman–Crippen LogP) is 5.22. The van der Waals surface area contributed by atoms with E-state index in [2.05, 4.69) is 20.8 Å². The molecule has 0 saturated heterocycles. The number of phenols is 2. The van der Waals surface area contributed by atoms with E-state index in [-0.39, 0.29) is 34.2 Å². The van der Waals surface area contributed by atoms with Gasteiger partial charge < -0.3 is 15.3 Å². The summed E-state index contributed by atoms with van der Waals surface area (Å²) in [5.41, 5.74) is 1.94. The number of phenolic OH excluding ortho intramolecular Hbond substituents is 2. The molecule has 2 aliphatic carbocycles. The molecule has 3 rings (SSSR count). The van der Waals surface area contributed by atoms with Gasteiger partial charge in [-0.1, -0.05) is 41.0 Å². The van der Waals surface area contributed by atoms with Gasteiger partial charge >= 0.3 is 0 Å². The Kier molecular flexibility index (Phi) is 3.48. The third-order valence-electron chi connectivity index (χ3n) is 6.07. The van der Waals surface area contributed by atoms with Crippen LogP contribution in [-0.2, 0) is 5.41 Å². The zero-order valence-corrected chi connectivity index (χ0v) is 14.8. The molecule has 0 spiro atoms. The Morgan fingerprint density at radius 1 is 1.09 bits per heavy atom. The van der Waals surface area contributed by atoms with Crippen LogP contribution in [0.4, 0.5) is 0 Å². The van der Waals surface area contributed by atoms with Gasteiger partial charge in [0.1, 0.15) is 11.5 Å². The molecule has 1 saturated carbocycles. The van der Waals surface area contributed by atoms with Crippen molar-refractivity contribution in [3.63, 3.8) is 0 Å². The van der Waals surface area contributed by atoms with E-state index >= 15 is 0 Å². The van der Waals surface area contributed by atoms with Gasteiger partial charge in [0.15, 0.2) is 0 Å². The van der Waals surface area contributed by atoms with Gasteiger partial charge in [-0.3, -0.25) is 0 Å². The molecule has 23 heavy (non-hydrogen) atoms. The largest absolute Gasteiger partial charge is 0.512 e. The molecule has 0 aliphatic heterocycles. The fourth-order valence-corrected chi connectivity index (χ4v) is 5.18. The fraction of sp³-hybridized carbons (Fsp3) is 0.600. The highest BCUT2D eigenvalue weighted by Crippen LogP contribution is 2.59. The highest BCUT2D eigenvalue weighted by Gasteiger charge is 2.52. The summed E-state index contributed by atoms with van der Waals surface area (Å²) in [7, 11) is 0. The van der Waals surface area contributed by atoms with Gasteiger partial charge in [0, 0.05) is 22.5 Å². The summed E-state index contributed by atoms with van der Waals surface area (Å²) < 4.78 is 0. The van der Waals surface area contributed by atoms with E-state index in [4.69, 9.17) is 0 Å². The Morgan fingerprint density at radius 3 is 2.35 bits per heavy atom. The van der Waals surface area contributed by atoms with Crippen LogP contribution in [0, 0.1) is 11.3 Å². The van der Waals surface area contributed by atoms with Crippen LogP contribution in [0.2, 0.25) is 0 Å². The van der Waals surface area contributed by atoms with E-state index in [0.717, 1.165) is 24.8 Å². The standard InChI is InChI=1S/C20H28O3/c1-11(2)16-14(21)10-13-12(17(16)23)9-15(22)18-19(3,4)7-6-8-20(13,18)5/h9-11,18,21-23H,6-8H2,1-5H3/t18-,20-/m1/s1. The zero-order chi connectivity index (χ0) is 17.2. The number of hydrogen-bond donors (Lipinski definition) is 3. The van der Waals surface area contributed by atoms with Crippen molar-refractivity contribution in [2.45, 2.75) is 65.2 Å². The van der Waals surface area contributed by atoms with Crippen molar-refractivity contribution in [3.05, 3.63) is 28.5 Å². The lowest BCUT2D eigenvalue weighted by Crippen LogP contribution is -2.47. The van der Waals surface area contributed by atoms with E-state index in [9.17, 15) is 15.3 Å². The third-order valence-corrected chi connectivity index (χ3v) is 6.07. The lowest BCUT2D eigenvalue weighted by atomic mass is 9.51. The highest BCUT2D eigenvalue weighted by atomic mass is 16.3. The van der Waals surface area contributed by atoms with Crippen LogP contribution in [0.5, 0.6) is 11.5 Å². The van der Waals surface area contributed by atoms with Gasteiger partial charge in [-0.05, 0) is 41.9 Å². The summed E-state index contributed by atoms with van der Waals surface area (Å²) >= 11 is 0. The van der Waals surface area contributed by atoms with Gasteiger partial charge in [-0.25, -0.2) is 0 Å². The normalized spacial score (nSPS) is 29.0. The van der Waals surface area contributed by atoms with Crippen LogP contribution >= 0.6 is 0 Å². The second-order valence-electron chi connectivity index (χ2n) is 8.54. The van der Waals surface area contributed by atoms with Crippen LogP contribution in [-0.4, -0.2) is 15.3 Å². The molecule has 0 radical (unpaired) electrons. The van der Waals surface area contributed by atoms with Gasteiger partial charge in [0.05, 0.1) is 5.76 Å². The average Bonchev–Trinajstić information content (AvgIpc) is 2.39. The van der Waals surface area contributed by atoms with E-state index < -0.39 is 0 Å². The molecule has 3 nitrogen and oxygen atoms in total. The summed E-state index contributed by atoms with van der Waals surface area (Å²) in [6.07, 6.45) is 4.82. The van der Waals surface area contributed by atoms with Gasteiger partial charge in [-0.2, -0.15) is 0 Å². The Labute approximate surface area is 138 Å². The molecule has 2 aliphatic rings. The minimum Gasteiger partial charge on any atom is -0.512 e. The number of benzene rings is 1. The number of allylic oxidation sites excluding steroid dienone is 1. The molecule has 1 aromatic carbocycles. The number of aromatic hydroxyl groups is 2. The van der Waals surface area contributed by atoms with Crippen molar-refractivity contribution >= 4 is 6.08 Å². The monoisotopic (exact) mass is 316 g/mol. The van der Waals surface area contributed by atoms with Crippen molar-refractivity contribution in [1.29, 1.82) is 0 Å². The summed E-state index contributed by atoms with van der Waals surface area (Å²) in [6.45, 7) is 10.5.